The van der Waals surface area contributed by atoms with Crippen LogP contribution in [0.5, 0.6) is 0 Å². The molecule has 0 radical (unpaired) electrons. The molecule has 1 unspecified atom stereocenters. The van der Waals surface area contributed by atoms with Gasteiger partial charge in [0.2, 0.25) is 0 Å². The van der Waals surface area contributed by atoms with Crippen molar-refractivity contribution in [3.05, 3.63) is 0 Å². The van der Waals surface area contributed by atoms with Gasteiger partial charge in [0.15, 0.2) is 0 Å². The van der Waals surface area contributed by atoms with Crippen molar-refractivity contribution in [3.8, 4) is 0 Å². The smallest absolute Gasteiger partial charge is 0.136 e. The van der Waals surface area contributed by atoms with E-state index in [4.69, 9.17) is 4.74 Å². The fraction of sp³-hybridized carbons (Fsp3) is 1.00. The lowest BCUT2D eigenvalue weighted by atomic mass is 9.50. The number of aliphatic hydroxyl groups is 5. The van der Waals surface area contributed by atoms with Crippen molar-refractivity contribution in [1.29, 1.82) is 0 Å². The Balaban J connectivity index is 1.14. The van der Waals surface area contributed by atoms with Gasteiger partial charge in [0.1, 0.15) is 24.5 Å². The lowest BCUT2D eigenvalue weighted by Gasteiger charge is -2.56. The molecule has 1 aliphatic heterocycles. The van der Waals surface area contributed by atoms with Crippen molar-refractivity contribution >= 4 is 0 Å². The van der Waals surface area contributed by atoms with Crippen molar-refractivity contribution in [1.82, 2.24) is 4.90 Å². The van der Waals surface area contributed by atoms with Gasteiger partial charge in [0.05, 0.1) is 19.3 Å². The number of rotatable bonds is 9. The van der Waals surface area contributed by atoms with E-state index < -0.39 is 30.6 Å². The first-order valence-electron chi connectivity index (χ1n) is 11.6. The first-order chi connectivity index (χ1) is 13.9. The van der Waals surface area contributed by atoms with Gasteiger partial charge in [-0.1, -0.05) is 0 Å². The van der Waals surface area contributed by atoms with Gasteiger partial charge in [0, 0.05) is 13.2 Å². The molecule has 5 rings (SSSR count). The largest absolute Gasteiger partial charge is 0.395 e. The van der Waals surface area contributed by atoms with E-state index >= 15 is 0 Å². The Hall–Kier alpha value is -0.280. The van der Waals surface area contributed by atoms with Gasteiger partial charge in [0.25, 0.3) is 0 Å². The maximum absolute atomic E-state index is 10.2. The van der Waals surface area contributed by atoms with Crippen LogP contribution in [0.4, 0.5) is 0 Å². The van der Waals surface area contributed by atoms with Crippen molar-refractivity contribution < 1.29 is 30.3 Å². The topological polar surface area (TPSA) is 114 Å². The number of piperidine rings is 1. The lowest BCUT2D eigenvalue weighted by molar-refractivity contribution is -0.222. The molecule has 5 N–H and O–H groups in total. The van der Waals surface area contributed by atoms with Crippen molar-refractivity contribution in [2.75, 3.05) is 26.4 Å². The number of ether oxygens (including phenoxy) is 1. The maximum atomic E-state index is 10.2. The van der Waals surface area contributed by atoms with Crippen LogP contribution in [0.15, 0.2) is 0 Å². The molecular formula is C22H39NO6. The van der Waals surface area contributed by atoms with Crippen molar-refractivity contribution in [2.45, 2.75) is 88.4 Å². The average Bonchev–Trinajstić information content (AvgIpc) is 2.68. The second-order valence-electron chi connectivity index (χ2n) is 10.4. The lowest BCUT2D eigenvalue weighted by Crippen LogP contribution is -2.67. The minimum absolute atomic E-state index is 0.379. The number of hydrogen-bond donors (Lipinski definition) is 5. The van der Waals surface area contributed by atoms with E-state index in [0.717, 1.165) is 50.2 Å². The number of nitrogens with zero attached hydrogens (tertiary/aromatic N) is 1. The number of unbranched alkanes of at least 4 members (excludes halogenated alkanes) is 2. The standard InChI is InChI=1S/C22H39NO6/c24-12-17-18(25)19(26)20(27)21(28)23(17)4-2-1-3-5-29-13-22-9-14-6-15(10-22)8-16(7-14)11-22/h14-21,24-28H,1-13H2/t14?,15?,16?,17-,18-,19+,20-,21?,22?/m1/s1. The highest BCUT2D eigenvalue weighted by Gasteiger charge is 2.51. The molecule has 0 spiro atoms. The number of hydrogen-bond acceptors (Lipinski definition) is 7. The normalized spacial score (nSPS) is 47.1. The van der Waals surface area contributed by atoms with Gasteiger partial charge in [-0.15, -0.1) is 0 Å². The molecule has 5 aliphatic rings. The van der Waals surface area contributed by atoms with Crippen LogP contribution < -0.4 is 0 Å². The maximum Gasteiger partial charge on any atom is 0.136 e. The summed E-state index contributed by atoms with van der Waals surface area (Å²) in [6.07, 6.45) is 5.65. The summed E-state index contributed by atoms with van der Waals surface area (Å²) in [6.45, 7) is 1.72. The minimum atomic E-state index is -1.45. The second kappa shape index (κ2) is 9.07. The van der Waals surface area contributed by atoms with E-state index in [1.165, 1.54) is 43.4 Å². The molecule has 4 aliphatic carbocycles. The van der Waals surface area contributed by atoms with Crippen LogP contribution in [0.25, 0.3) is 0 Å². The van der Waals surface area contributed by atoms with Gasteiger partial charge >= 0.3 is 0 Å². The average molecular weight is 414 g/mol. The van der Waals surface area contributed by atoms with Crippen LogP contribution in [-0.2, 0) is 4.74 Å². The van der Waals surface area contributed by atoms with Gasteiger partial charge < -0.3 is 30.3 Å². The highest BCUT2D eigenvalue weighted by molar-refractivity contribution is 5.01. The zero-order valence-corrected chi connectivity index (χ0v) is 17.4. The first-order valence-corrected chi connectivity index (χ1v) is 11.6. The zero-order valence-electron chi connectivity index (χ0n) is 17.4. The summed E-state index contributed by atoms with van der Waals surface area (Å²) in [4.78, 5) is 1.50. The van der Waals surface area contributed by atoms with Gasteiger partial charge in [-0.05, 0) is 81.0 Å². The molecule has 29 heavy (non-hydrogen) atoms. The predicted octanol–water partition coefficient (Wildman–Crippen LogP) is 0.467. The third-order valence-electron chi connectivity index (χ3n) is 8.13. The van der Waals surface area contributed by atoms with Crippen LogP contribution >= 0.6 is 0 Å². The number of aliphatic hydroxyl groups excluding tert-OH is 5. The molecule has 1 heterocycles. The Kier molecular flexibility index (Phi) is 6.86. The van der Waals surface area contributed by atoms with E-state index in [2.05, 4.69) is 0 Å². The second-order valence-corrected chi connectivity index (χ2v) is 10.4. The van der Waals surface area contributed by atoms with E-state index in [1.54, 1.807) is 0 Å². The van der Waals surface area contributed by atoms with Crippen molar-refractivity contribution in [3.63, 3.8) is 0 Å². The summed E-state index contributed by atoms with van der Waals surface area (Å²) in [5, 5.41) is 49.4. The molecule has 0 amide bonds. The Bertz CT molecular complexity index is 510. The monoisotopic (exact) mass is 413 g/mol. The molecule has 4 bridgehead atoms. The molecule has 5 atom stereocenters. The van der Waals surface area contributed by atoms with Crippen LogP contribution in [0, 0.1) is 23.2 Å². The molecule has 0 aromatic heterocycles. The summed E-state index contributed by atoms with van der Waals surface area (Å²) in [7, 11) is 0. The molecule has 5 fully saturated rings. The van der Waals surface area contributed by atoms with E-state index in [0.29, 0.717) is 12.0 Å². The van der Waals surface area contributed by atoms with Crippen LogP contribution in [0.2, 0.25) is 0 Å². The van der Waals surface area contributed by atoms with E-state index in [-0.39, 0.29) is 6.61 Å². The predicted molar refractivity (Wildman–Crippen MR) is 107 cm³/mol. The van der Waals surface area contributed by atoms with Gasteiger partial charge in [-0.3, -0.25) is 4.90 Å². The fourth-order valence-electron chi connectivity index (χ4n) is 7.14. The van der Waals surface area contributed by atoms with Gasteiger partial charge in [-0.2, -0.15) is 0 Å². The Morgan fingerprint density at radius 3 is 2.00 bits per heavy atom. The third kappa shape index (κ3) is 4.52. The van der Waals surface area contributed by atoms with E-state index in [9.17, 15) is 25.5 Å². The van der Waals surface area contributed by atoms with Crippen molar-refractivity contribution in [2.24, 2.45) is 23.2 Å². The quantitative estimate of drug-likeness (QED) is 0.349. The summed E-state index contributed by atoms with van der Waals surface area (Å²) in [5.41, 5.74) is 0.453. The summed E-state index contributed by atoms with van der Waals surface area (Å²) < 4.78 is 6.11. The molecule has 7 nitrogen and oxygen atoms in total. The molecule has 168 valence electrons. The molecule has 4 saturated carbocycles. The Morgan fingerprint density at radius 1 is 0.793 bits per heavy atom. The van der Waals surface area contributed by atoms with Crippen LogP contribution in [-0.4, -0.2) is 87.4 Å². The molecular weight excluding hydrogens is 374 g/mol. The summed E-state index contributed by atoms with van der Waals surface area (Å²) in [5.74, 6) is 2.85. The van der Waals surface area contributed by atoms with Crippen LogP contribution in [0.1, 0.15) is 57.8 Å². The third-order valence-corrected chi connectivity index (χ3v) is 8.13. The molecule has 0 aromatic rings. The highest BCUT2D eigenvalue weighted by atomic mass is 16.5. The summed E-state index contributed by atoms with van der Waals surface area (Å²) >= 11 is 0. The summed E-state index contributed by atoms with van der Waals surface area (Å²) in [6, 6.07) is -0.768. The first kappa shape index (κ1) is 21.9. The Labute approximate surface area is 173 Å². The molecule has 7 heteroatoms. The Morgan fingerprint density at radius 2 is 1.41 bits per heavy atom. The molecule has 1 saturated heterocycles. The zero-order chi connectivity index (χ0) is 20.6. The number of likely N-dealkylation sites (tertiary alicyclic amines) is 1. The fourth-order valence-corrected chi connectivity index (χ4v) is 7.14. The highest BCUT2D eigenvalue weighted by Crippen LogP contribution is 2.60. The minimum Gasteiger partial charge on any atom is -0.395 e. The molecule has 0 aromatic carbocycles. The van der Waals surface area contributed by atoms with Gasteiger partial charge in [-0.25, -0.2) is 0 Å². The van der Waals surface area contributed by atoms with E-state index in [1.807, 2.05) is 0 Å². The SMILES string of the molecule is OC[C@@H]1[C@@H](O)[C@H](O)[C@@H](O)C(O)N1CCCCCOCC12CC3CC(CC(C3)C1)C2. The van der Waals surface area contributed by atoms with Crippen LogP contribution in [0.3, 0.4) is 0 Å².